The van der Waals surface area contributed by atoms with Crippen molar-refractivity contribution in [3.05, 3.63) is 36.2 Å². The van der Waals surface area contributed by atoms with Gasteiger partial charge in [-0.2, -0.15) is 5.10 Å². The Kier molecular flexibility index (Phi) is 2.04. The molecule has 2 aromatic heterocycles. The molecule has 3 heteroatoms. The molecule has 0 radical (unpaired) electrons. The van der Waals surface area contributed by atoms with Gasteiger partial charge < -0.3 is 5.73 Å². The van der Waals surface area contributed by atoms with Gasteiger partial charge in [-0.05, 0) is 12.1 Å². The van der Waals surface area contributed by atoms with Crippen LogP contribution in [0.15, 0.2) is 30.6 Å². The van der Waals surface area contributed by atoms with E-state index < -0.39 is 0 Å². The lowest BCUT2D eigenvalue weighted by atomic mass is 9.86. The number of hydrogen-bond acceptors (Lipinski definition) is 2. The van der Waals surface area contributed by atoms with Gasteiger partial charge in [-0.15, -0.1) is 0 Å². The van der Waals surface area contributed by atoms with Crippen molar-refractivity contribution in [1.82, 2.24) is 9.61 Å². The predicted octanol–water partition coefficient (Wildman–Crippen LogP) is 1.57. The van der Waals surface area contributed by atoms with Crippen molar-refractivity contribution < 1.29 is 0 Å². The molecule has 0 saturated heterocycles. The van der Waals surface area contributed by atoms with Gasteiger partial charge in [0.1, 0.15) is 0 Å². The van der Waals surface area contributed by atoms with Crippen LogP contribution >= 0.6 is 0 Å². The zero-order valence-corrected chi connectivity index (χ0v) is 8.57. The highest BCUT2D eigenvalue weighted by Gasteiger charge is 2.22. The van der Waals surface area contributed by atoms with E-state index in [1.165, 1.54) is 5.56 Å². The Labute approximate surface area is 83.5 Å². The quantitative estimate of drug-likeness (QED) is 0.779. The molecule has 2 rings (SSSR count). The summed E-state index contributed by atoms with van der Waals surface area (Å²) < 4.78 is 1.88. The van der Waals surface area contributed by atoms with Crippen LogP contribution in [-0.2, 0) is 5.41 Å². The molecule has 0 bridgehead atoms. The molecule has 2 heterocycles. The fourth-order valence-electron chi connectivity index (χ4n) is 1.57. The Hall–Kier alpha value is -1.35. The van der Waals surface area contributed by atoms with Gasteiger partial charge in [0.2, 0.25) is 0 Å². The molecule has 14 heavy (non-hydrogen) atoms. The maximum atomic E-state index is 5.75. The number of hydrogen-bond donors (Lipinski definition) is 1. The van der Waals surface area contributed by atoms with Crippen LogP contribution in [0.2, 0.25) is 0 Å². The van der Waals surface area contributed by atoms with E-state index in [0.717, 1.165) is 5.52 Å². The Morgan fingerprint density at radius 3 is 2.93 bits per heavy atom. The lowest BCUT2D eigenvalue weighted by Gasteiger charge is -2.21. The maximum absolute atomic E-state index is 5.75. The molecule has 0 amide bonds. The van der Waals surface area contributed by atoms with Crippen molar-refractivity contribution in [2.45, 2.75) is 19.3 Å². The van der Waals surface area contributed by atoms with Crippen molar-refractivity contribution in [3.8, 4) is 0 Å². The zero-order chi connectivity index (χ0) is 10.2. The molecule has 0 spiro atoms. The molecule has 74 valence electrons. The molecule has 0 aliphatic heterocycles. The average Bonchev–Trinajstić information content (AvgIpc) is 2.61. The summed E-state index contributed by atoms with van der Waals surface area (Å²) in [6.45, 7) is 4.90. The summed E-state index contributed by atoms with van der Waals surface area (Å²) in [5.74, 6) is 0. The highest BCUT2D eigenvalue weighted by Crippen LogP contribution is 2.25. The molecule has 2 N–H and O–H groups in total. The molecule has 2 aromatic rings. The minimum absolute atomic E-state index is 0.0108. The minimum Gasteiger partial charge on any atom is -0.330 e. The minimum atomic E-state index is -0.0108. The predicted molar refractivity (Wildman–Crippen MR) is 57.3 cm³/mol. The number of rotatable bonds is 2. The largest absolute Gasteiger partial charge is 0.330 e. The molecule has 0 aliphatic carbocycles. The maximum Gasteiger partial charge on any atom is 0.0699 e. The highest BCUT2D eigenvalue weighted by atomic mass is 15.2. The second kappa shape index (κ2) is 3.10. The Balaban J connectivity index is 2.64. The summed E-state index contributed by atoms with van der Waals surface area (Å²) in [4.78, 5) is 0. The van der Waals surface area contributed by atoms with Crippen LogP contribution < -0.4 is 5.73 Å². The third-order valence-corrected chi connectivity index (χ3v) is 2.67. The van der Waals surface area contributed by atoms with Crippen LogP contribution in [-0.4, -0.2) is 16.2 Å². The van der Waals surface area contributed by atoms with E-state index in [1.54, 1.807) is 0 Å². The Morgan fingerprint density at radius 1 is 1.43 bits per heavy atom. The van der Waals surface area contributed by atoms with Crippen molar-refractivity contribution in [2.75, 3.05) is 6.54 Å². The van der Waals surface area contributed by atoms with Crippen LogP contribution in [0.5, 0.6) is 0 Å². The molecular formula is C11H15N3. The standard InChI is InChI=1S/C11H15N3/c1-11(2,8-12)9-7-13-14-6-4-3-5-10(9)14/h3-7H,8,12H2,1-2H3. The summed E-state index contributed by atoms with van der Waals surface area (Å²) in [6.07, 6.45) is 3.85. The molecule has 0 fully saturated rings. The molecule has 0 atom stereocenters. The number of nitrogens with zero attached hydrogens (tertiary/aromatic N) is 2. The number of nitrogens with two attached hydrogens (primary N) is 1. The Bertz CT molecular complexity index is 442. The molecular weight excluding hydrogens is 174 g/mol. The number of aromatic nitrogens is 2. The van der Waals surface area contributed by atoms with Crippen molar-refractivity contribution in [2.24, 2.45) is 5.73 Å². The molecule has 0 aliphatic rings. The van der Waals surface area contributed by atoms with Crippen LogP contribution in [0.25, 0.3) is 5.52 Å². The molecule has 3 nitrogen and oxygen atoms in total. The summed E-state index contributed by atoms with van der Waals surface area (Å²) in [7, 11) is 0. The van der Waals surface area contributed by atoms with E-state index in [0.29, 0.717) is 6.54 Å². The van der Waals surface area contributed by atoms with Gasteiger partial charge in [0.15, 0.2) is 0 Å². The summed E-state index contributed by atoms with van der Waals surface area (Å²) in [5.41, 5.74) is 8.09. The third kappa shape index (κ3) is 1.30. The van der Waals surface area contributed by atoms with Gasteiger partial charge in [0.05, 0.1) is 11.7 Å². The van der Waals surface area contributed by atoms with Crippen LogP contribution in [0.3, 0.4) is 0 Å². The topological polar surface area (TPSA) is 43.3 Å². The van der Waals surface area contributed by atoms with Crippen molar-refractivity contribution in [1.29, 1.82) is 0 Å². The average molecular weight is 189 g/mol. The SMILES string of the molecule is CC(C)(CN)c1cnn2ccccc12. The van der Waals surface area contributed by atoms with E-state index in [2.05, 4.69) is 25.0 Å². The van der Waals surface area contributed by atoms with E-state index >= 15 is 0 Å². The number of fused-ring (bicyclic) bond motifs is 1. The van der Waals surface area contributed by atoms with Gasteiger partial charge in [-0.25, -0.2) is 4.52 Å². The molecule has 0 aromatic carbocycles. The normalized spacial score (nSPS) is 12.2. The first kappa shape index (κ1) is 9.21. The smallest absolute Gasteiger partial charge is 0.0699 e. The monoisotopic (exact) mass is 189 g/mol. The van der Waals surface area contributed by atoms with Crippen molar-refractivity contribution >= 4 is 5.52 Å². The molecule has 0 unspecified atom stereocenters. The lowest BCUT2D eigenvalue weighted by Crippen LogP contribution is -2.27. The summed E-state index contributed by atoms with van der Waals surface area (Å²) in [6, 6.07) is 6.06. The lowest BCUT2D eigenvalue weighted by molar-refractivity contribution is 0.543. The van der Waals surface area contributed by atoms with Crippen molar-refractivity contribution in [3.63, 3.8) is 0 Å². The van der Waals surface area contributed by atoms with Crippen LogP contribution in [0.1, 0.15) is 19.4 Å². The van der Waals surface area contributed by atoms with Crippen LogP contribution in [0, 0.1) is 0 Å². The first-order chi connectivity index (χ1) is 6.65. The van der Waals surface area contributed by atoms with E-state index in [9.17, 15) is 0 Å². The molecule has 0 saturated carbocycles. The van der Waals surface area contributed by atoms with Gasteiger partial charge in [-0.1, -0.05) is 19.9 Å². The zero-order valence-electron chi connectivity index (χ0n) is 8.57. The fourth-order valence-corrected chi connectivity index (χ4v) is 1.57. The van der Waals surface area contributed by atoms with Gasteiger partial charge in [0.25, 0.3) is 0 Å². The first-order valence-electron chi connectivity index (χ1n) is 4.78. The highest BCUT2D eigenvalue weighted by molar-refractivity contribution is 5.56. The third-order valence-electron chi connectivity index (χ3n) is 2.67. The van der Waals surface area contributed by atoms with Gasteiger partial charge in [0, 0.05) is 23.7 Å². The summed E-state index contributed by atoms with van der Waals surface area (Å²) >= 11 is 0. The van der Waals surface area contributed by atoms with E-state index in [4.69, 9.17) is 5.73 Å². The Morgan fingerprint density at radius 2 is 2.21 bits per heavy atom. The second-order valence-electron chi connectivity index (χ2n) is 4.18. The second-order valence-corrected chi connectivity index (χ2v) is 4.18. The van der Waals surface area contributed by atoms with E-state index in [1.807, 2.05) is 29.0 Å². The van der Waals surface area contributed by atoms with Gasteiger partial charge >= 0.3 is 0 Å². The first-order valence-corrected chi connectivity index (χ1v) is 4.78. The summed E-state index contributed by atoms with van der Waals surface area (Å²) in [5, 5.41) is 4.29. The van der Waals surface area contributed by atoms with E-state index in [-0.39, 0.29) is 5.41 Å². The fraction of sp³-hybridized carbons (Fsp3) is 0.364. The van der Waals surface area contributed by atoms with Gasteiger partial charge in [-0.3, -0.25) is 0 Å². The number of pyridine rings is 1. The van der Waals surface area contributed by atoms with Crippen LogP contribution in [0.4, 0.5) is 0 Å².